The van der Waals surface area contributed by atoms with Crippen molar-refractivity contribution in [2.75, 3.05) is 13.1 Å². The molecule has 26 heavy (non-hydrogen) atoms. The van der Waals surface area contributed by atoms with E-state index in [-0.39, 0.29) is 24.3 Å². The molecule has 2 aromatic carbocycles. The van der Waals surface area contributed by atoms with Gasteiger partial charge in [0.1, 0.15) is 0 Å². The molecule has 3 rings (SSSR count). The number of imide groups is 1. The highest BCUT2D eigenvalue weighted by molar-refractivity contribution is 6.21. The van der Waals surface area contributed by atoms with Gasteiger partial charge in [-0.1, -0.05) is 31.2 Å². The predicted molar refractivity (Wildman–Crippen MR) is 99.0 cm³/mol. The highest BCUT2D eigenvalue weighted by Crippen LogP contribution is 2.24. The van der Waals surface area contributed by atoms with E-state index in [9.17, 15) is 14.4 Å². The Kier molecular flexibility index (Phi) is 5.16. The molecule has 5 heteroatoms. The smallest absolute Gasteiger partial charge is 0.261 e. The monoisotopic (exact) mass is 350 g/mol. The van der Waals surface area contributed by atoms with Crippen LogP contribution in [0, 0.1) is 0 Å². The Morgan fingerprint density at radius 1 is 0.962 bits per heavy atom. The molecule has 0 atom stereocenters. The zero-order chi connectivity index (χ0) is 18.7. The van der Waals surface area contributed by atoms with E-state index in [1.165, 1.54) is 4.90 Å². The number of amides is 3. The molecular formula is C21H22N2O3. The number of rotatable bonds is 6. The molecule has 134 valence electrons. The van der Waals surface area contributed by atoms with E-state index in [0.717, 1.165) is 12.0 Å². The maximum Gasteiger partial charge on any atom is 0.261 e. The molecule has 0 N–H and O–H groups in total. The molecule has 1 aliphatic rings. The Labute approximate surface area is 153 Å². The lowest BCUT2D eigenvalue weighted by Crippen LogP contribution is -2.32. The zero-order valence-electron chi connectivity index (χ0n) is 15.1. The third kappa shape index (κ3) is 3.25. The number of nitrogens with zero attached hydrogens (tertiary/aromatic N) is 2. The largest absolute Gasteiger partial charge is 0.339 e. The third-order valence-corrected chi connectivity index (χ3v) is 4.56. The summed E-state index contributed by atoms with van der Waals surface area (Å²) >= 11 is 0. The van der Waals surface area contributed by atoms with Gasteiger partial charge in [-0.05, 0) is 43.2 Å². The first-order valence-corrected chi connectivity index (χ1v) is 8.90. The van der Waals surface area contributed by atoms with Crippen molar-refractivity contribution in [3.05, 3.63) is 70.8 Å². The third-order valence-electron chi connectivity index (χ3n) is 4.56. The van der Waals surface area contributed by atoms with Gasteiger partial charge in [-0.25, -0.2) is 0 Å². The molecule has 0 aliphatic carbocycles. The van der Waals surface area contributed by atoms with Gasteiger partial charge in [0.05, 0.1) is 17.7 Å². The molecule has 0 saturated heterocycles. The highest BCUT2D eigenvalue weighted by atomic mass is 16.2. The fraction of sp³-hybridized carbons (Fsp3) is 0.286. The Morgan fingerprint density at radius 3 is 2.19 bits per heavy atom. The highest BCUT2D eigenvalue weighted by Gasteiger charge is 2.35. The van der Waals surface area contributed by atoms with Crippen LogP contribution >= 0.6 is 0 Å². The van der Waals surface area contributed by atoms with Crippen molar-refractivity contribution in [2.24, 2.45) is 0 Å². The van der Waals surface area contributed by atoms with E-state index in [2.05, 4.69) is 0 Å². The molecule has 0 bridgehead atoms. The second kappa shape index (κ2) is 7.52. The van der Waals surface area contributed by atoms with Crippen LogP contribution < -0.4 is 0 Å². The van der Waals surface area contributed by atoms with Gasteiger partial charge in [-0.3, -0.25) is 19.3 Å². The van der Waals surface area contributed by atoms with Gasteiger partial charge in [0.15, 0.2) is 0 Å². The number of benzene rings is 2. The molecule has 0 radical (unpaired) electrons. The summed E-state index contributed by atoms with van der Waals surface area (Å²) in [5.74, 6) is -0.606. The van der Waals surface area contributed by atoms with Crippen LogP contribution in [0.4, 0.5) is 0 Å². The lowest BCUT2D eigenvalue weighted by Gasteiger charge is -2.21. The summed E-state index contributed by atoms with van der Waals surface area (Å²) in [4.78, 5) is 40.7. The second-order valence-electron chi connectivity index (χ2n) is 6.33. The molecule has 3 amide bonds. The Hall–Kier alpha value is -2.95. The normalized spacial score (nSPS) is 13.1. The average molecular weight is 350 g/mol. The van der Waals surface area contributed by atoms with E-state index in [0.29, 0.717) is 29.8 Å². The second-order valence-corrected chi connectivity index (χ2v) is 6.33. The van der Waals surface area contributed by atoms with Crippen LogP contribution in [-0.2, 0) is 6.54 Å². The predicted octanol–water partition coefficient (Wildman–Crippen LogP) is 3.35. The van der Waals surface area contributed by atoms with Gasteiger partial charge in [-0.15, -0.1) is 0 Å². The molecule has 0 unspecified atom stereocenters. The van der Waals surface area contributed by atoms with E-state index >= 15 is 0 Å². The minimum absolute atomic E-state index is 0.0291. The summed E-state index contributed by atoms with van der Waals surface area (Å²) in [7, 11) is 0. The van der Waals surface area contributed by atoms with Crippen LogP contribution in [0.5, 0.6) is 0 Å². The zero-order valence-corrected chi connectivity index (χ0v) is 15.1. The summed E-state index contributed by atoms with van der Waals surface area (Å²) in [6.45, 7) is 5.51. The summed E-state index contributed by atoms with van der Waals surface area (Å²) in [6.07, 6.45) is 0.897. The van der Waals surface area contributed by atoms with Gasteiger partial charge in [0.25, 0.3) is 17.7 Å². The number of hydrogen-bond donors (Lipinski definition) is 0. The van der Waals surface area contributed by atoms with Crippen molar-refractivity contribution in [3.63, 3.8) is 0 Å². The quantitative estimate of drug-likeness (QED) is 0.751. The van der Waals surface area contributed by atoms with Gasteiger partial charge in [0, 0.05) is 18.7 Å². The Balaban J connectivity index is 1.81. The average Bonchev–Trinajstić information content (AvgIpc) is 2.91. The first kappa shape index (κ1) is 17.9. The van der Waals surface area contributed by atoms with E-state index in [1.54, 1.807) is 47.4 Å². The molecular weight excluding hydrogens is 328 g/mol. The number of carbonyl (C=O) groups excluding carboxylic acids is 3. The van der Waals surface area contributed by atoms with Gasteiger partial charge in [0.2, 0.25) is 0 Å². The standard InChI is InChI=1S/C21H22N2O3/c1-3-12-22(4-2)19(24)16-9-7-8-15(13-16)14-23-20(25)17-10-5-6-11-18(17)21(23)26/h5-11,13H,3-4,12,14H2,1-2H3. The van der Waals surface area contributed by atoms with Crippen molar-refractivity contribution < 1.29 is 14.4 Å². The fourth-order valence-electron chi connectivity index (χ4n) is 3.22. The molecule has 1 heterocycles. The lowest BCUT2D eigenvalue weighted by atomic mass is 10.1. The van der Waals surface area contributed by atoms with Crippen molar-refractivity contribution >= 4 is 17.7 Å². The maximum atomic E-state index is 12.6. The molecule has 1 aliphatic heterocycles. The first-order chi connectivity index (χ1) is 12.6. The summed E-state index contributed by atoms with van der Waals surface area (Å²) in [5.41, 5.74) is 2.21. The Morgan fingerprint density at radius 2 is 1.62 bits per heavy atom. The van der Waals surface area contributed by atoms with E-state index < -0.39 is 0 Å². The van der Waals surface area contributed by atoms with Crippen molar-refractivity contribution in [2.45, 2.75) is 26.8 Å². The van der Waals surface area contributed by atoms with Crippen molar-refractivity contribution in [1.29, 1.82) is 0 Å². The number of carbonyl (C=O) groups is 3. The maximum absolute atomic E-state index is 12.6. The number of fused-ring (bicyclic) bond motifs is 1. The van der Waals surface area contributed by atoms with Crippen LogP contribution in [-0.4, -0.2) is 40.6 Å². The van der Waals surface area contributed by atoms with Crippen LogP contribution in [0.15, 0.2) is 48.5 Å². The molecule has 5 nitrogen and oxygen atoms in total. The van der Waals surface area contributed by atoms with Crippen LogP contribution in [0.1, 0.15) is 56.9 Å². The van der Waals surface area contributed by atoms with Crippen LogP contribution in [0.2, 0.25) is 0 Å². The summed E-state index contributed by atoms with van der Waals surface area (Å²) in [5, 5.41) is 0. The first-order valence-electron chi connectivity index (χ1n) is 8.90. The van der Waals surface area contributed by atoms with Crippen molar-refractivity contribution in [1.82, 2.24) is 9.80 Å². The van der Waals surface area contributed by atoms with Crippen LogP contribution in [0.3, 0.4) is 0 Å². The van der Waals surface area contributed by atoms with Crippen LogP contribution in [0.25, 0.3) is 0 Å². The van der Waals surface area contributed by atoms with Gasteiger partial charge >= 0.3 is 0 Å². The van der Waals surface area contributed by atoms with E-state index in [1.807, 2.05) is 19.9 Å². The van der Waals surface area contributed by atoms with Crippen molar-refractivity contribution in [3.8, 4) is 0 Å². The lowest BCUT2D eigenvalue weighted by molar-refractivity contribution is 0.0642. The molecule has 0 fully saturated rings. The number of hydrogen-bond acceptors (Lipinski definition) is 3. The molecule has 0 spiro atoms. The minimum Gasteiger partial charge on any atom is -0.339 e. The molecule has 0 saturated carbocycles. The fourth-order valence-corrected chi connectivity index (χ4v) is 3.22. The Bertz CT molecular complexity index is 825. The van der Waals surface area contributed by atoms with Gasteiger partial charge < -0.3 is 4.90 Å². The topological polar surface area (TPSA) is 57.7 Å². The minimum atomic E-state index is -0.288. The molecule has 0 aromatic heterocycles. The SMILES string of the molecule is CCCN(CC)C(=O)c1cccc(CN2C(=O)c3ccccc3C2=O)c1. The molecule has 2 aromatic rings. The van der Waals surface area contributed by atoms with Gasteiger partial charge in [-0.2, -0.15) is 0 Å². The van der Waals surface area contributed by atoms with E-state index in [4.69, 9.17) is 0 Å². The summed E-state index contributed by atoms with van der Waals surface area (Å²) in [6, 6.07) is 14.0. The summed E-state index contributed by atoms with van der Waals surface area (Å²) < 4.78 is 0.